The molecule has 0 bridgehead atoms. The summed E-state index contributed by atoms with van der Waals surface area (Å²) >= 11 is 0. The normalized spacial score (nSPS) is 14.6. The Kier molecular flexibility index (Phi) is 7.81. The molecular weight excluding hydrogens is 480 g/mol. The Morgan fingerprint density at radius 2 is 1.87 bits per heavy atom. The molecule has 0 radical (unpaired) electrons. The predicted octanol–water partition coefficient (Wildman–Crippen LogP) is 6.47. The van der Waals surface area contributed by atoms with Crippen molar-refractivity contribution in [3.63, 3.8) is 0 Å². The van der Waals surface area contributed by atoms with Crippen LogP contribution < -0.4 is 10.1 Å². The number of rotatable bonds is 8. The molecule has 1 aromatic carbocycles. The average Bonchev–Trinajstić information content (AvgIpc) is 3.30. The number of carbonyl (C=O) groups is 1. The first-order valence-electron chi connectivity index (χ1n) is 13.4. The summed E-state index contributed by atoms with van der Waals surface area (Å²) in [4.78, 5) is 21.4. The standard InChI is InChI=1S/C30H40N4O4/c1-18-14-20(15-19(2)25(18)36-13-9-10-24(35)37-29(3,4)5)26-33-28(38-34-26)23-17-32-27(31-8)22-16-30(6,7)12-11-21(22)23/h14-15,17H,9-13,16H2,1-8H3,(H,31,32). The van der Waals surface area contributed by atoms with E-state index in [1.54, 1.807) is 0 Å². The molecule has 0 atom stereocenters. The third-order valence-corrected chi connectivity index (χ3v) is 6.81. The van der Waals surface area contributed by atoms with Gasteiger partial charge in [-0.05, 0) is 100 Å². The van der Waals surface area contributed by atoms with Crippen LogP contribution >= 0.6 is 0 Å². The van der Waals surface area contributed by atoms with Gasteiger partial charge in [-0.1, -0.05) is 19.0 Å². The largest absolute Gasteiger partial charge is 0.493 e. The summed E-state index contributed by atoms with van der Waals surface area (Å²) in [5, 5.41) is 7.54. The number of benzene rings is 1. The van der Waals surface area contributed by atoms with Gasteiger partial charge in [-0.2, -0.15) is 4.98 Å². The zero-order valence-electron chi connectivity index (χ0n) is 23.9. The number of nitrogens with one attached hydrogen (secondary N) is 1. The number of anilines is 1. The second-order valence-electron chi connectivity index (χ2n) is 12.0. The van der Waals surface area contributed by atoms with E-state index in [9.17, 15) is 4.79 Å². The van der Waals surface area contributed by atoms with Gasteiger partial charge in [0.1, 0.15) is 17.2 Å². The van der Waals surface area contributed by atoms with Gasteiger partial charge in [-0.25, -0.2) is 4.98 Å². The highest BCUT2D eigenvalue weighted by Crippen LogP contribution is 2.41. The van der Waals surface area contributed by atoms with Gasteiger partial charge in [0.2, 0.25) is 5.82 Å². The molecule has 204 valence electrons. The topological polar surface area (TPSA) is 99.4 Å². The van der Waals surface area contributed by atoms with Crippen LogP contribution in [0.5, 0.6) is 5.75 Å². The lowest BCUT2D eigenvalue weighted by Crippen LogP contribution is -2.24. The first-order chi connectivity index (χ1) is 17.9. The molecule has 1 N–H and O–H groups in total. The van der Waals surface area contributed by atoms with Crippen molar-refractivity contribution in [2.45, 2.75) is 86.2 Å². The molecule has 0 saturated carbocycles. The molecule has 4 rings (SSSR count). The first kappa shape index (κ1) is 27.6. The Bertz CT molecular complexity index is 1300. The molecule has 1 aliphatic rings. The fraction of sp³-hybridized carbons (Fsp3) is 0.533. The minimum absolute atomic E-state index is 0.210. The molecule has 0 saturated heterocycles. The van der Waals surface area contributed by atoms with Crippen molar-refractivity contribution in [1.29, 1.82) is 0 Å². The third kappa shape index (κ3) is 6.34. The van der Waals surface area contributed by atoms with Crippen LogP contribution in [-0.2, 0) is 22.4 Å². The zero-order valence-corrected chi connectivity index (χ0v) is 23.9. The number of aryl methyl sites for hydroxylation is 2. The molecule has 0 unspecified atom stereocenters. The summed E-state index contributed by atoms with van der Waals surface area (Å²) in [6.07, 6.45) is 5.75. The van der Waals surface area contributed by atoms with E-state index in [1.165, 1.54) is 11.1 Å². The van der Waals surface area contributed by atoms with Gasteiger partial charge in [0, 0.05) is 25.2 Å². The second kappa shape index (κ2) is 10.8. The van der Waals surface area contributed by atoms with Crippen LogP contribution in [0.15, 0.2) is 22.9 Å². The fourth-order valence-corrected chi connectivity index (χ4v) is 5.04. The number of hydrogen-bond acceptors (Lipinski definition) is 8. The van der Waals surface area contributed by atoms with Gasteiger partial charge in [0.25, 0.3) is 5.89 Å². The fourth-order valence-electron chi connectivity index (χ4n) is 5.04. The van der Waals surface area contributed by atoms with Crippen molar-refractivity contribution >= 4 is 11.8 Å². The maximum atomic E-state index is 11.9. The maximum Gasteiger partial charge on any atom is 0.306 e. The minimum Gasteiger partial charge on any atom is -0.493 e. The molecule has 0 aliphatic heterocycles. The van der Waals surface area contributed by atoms with Crippen molar-refractivity contribution in [2.24, 2.45) is 5.41 Å². The highest BCUT2D eigenvalue weighted by atomic mass is 16.6. The van der Waals surface area contributed by atoms with Crippen LogP contribution in [0.1, 0.15) is 76.1 Å². The molecule has 2 heterocycles. The lowest BCUT2D eigenvalue weighted by atomic mass is 9.73. The van der Waals surface area contributed by atoms with Crippen molar-refractivity contribution in [2.75, 3.05) is 19.0 Å². The summed E-state index contributed by atoms with van der Waals surface area (Å²) in [6, 6.07) is 4.01. The van der Waals surface area contributed by atoms with Crippen molar-refractivity contribution in [1.82, 2.24) is 15.1 Å². The summed E-state index contributed by atoms with van der Waals surface area (Å²) in [6.45, 7) is 14.6. The molecule has 0 fully saturated rings. The number of aromatic nitrogens is 3. The number of pyridine rings is 1. The smallest absolute Gasteiger partial charge is 0.306 e. The number of ether oxygens (including phenoxy) is 2. The van der Waals surface area contributed by atoms with Gasteiger partial charge < -0.3 is 19.3 Å². The molecule has 0 amide bonds. The molecule has 38 heavy (non-hydrogen) atoms. The quantitative estimate of drug-likeness (QED) is 0.266. The highest BCUT2D eigenvalue weighted by molar-refractivity contribution is 5.70. The van der Waals surface area contributed by atoms with Crippen molar-refractivity contribution in [3.8, 4) is 28.6 Å². The Balaban J connectivity index is 1.49. The minimum atomic E-state index is -0.473. The third-order valence-electron chi connectivity index (χ3n) is 6.81. The molecule has 1 aliphatic carbocycles. The van der Waals surface area contributed by atoms with Crippen LogP contribution in [0.25, 0.3) is 22.8 Å². The van der Waals surface area contributed by atoms with Crippen molar-refractivity contribution < 1.29 is 18.8 Å². The van der Waals surface area contributed by atoms with E-state index >= 15 is 0 Å². The van der Waals surface area contributed by atoms with E-state index in [0.29, 0.717) is 31.2 Å². The van der Waals surface area contributed by atoms with E-state index in [2.05, 4.69) is 29.3 Å². The van der Waals surface area contributed by atoms with E-state index in [-0.39, 0.29) is 11.4 Å². The van der Waals surface area contributed by atoms with Gasteiger partial charge in [0.15, 0.2) is 0 Å². The molecule has 8 nitrogen and oxygen atoms in total. The Morgan fingerprint density at radius 3 is 2.53 bits per heavy atom. The number of hydrogen-bond donors (Lipinski definition) is 1. The van der Waals surface area contributed by atoms with Gasteiger partial charge in [0.05, 0.1) is 12.2 Å². The monoisotopic (exact) mass is 520 g/mol. The van der Waals surface area contributed by atoms with Gasteiger partial charge >= 0.3 is 5.97 Å². The second-order valence-corrected chi connectivity index (χ2v) is 12.0. The van der Waals surface area contributed by atoms with E-state index < -0.39 is 5.60 Å². The number of esters is 1. The molecular formula is C30H40N4O4. The highest BCUT2D eigenvalue weighted by Gasteiger charge is 2.30. The lowest BCUT2D eigenvalue weighted by Gasteiger charge is -2.32. The summed E-state index contributed by atoms with van der Waals surface area (Å²) in [5.41, 5.74) is 5.96. The number of carbonyl (C=O) groups excluding carboxylic acids is 1. The summed E-state index contributed by atoms with van der Waals surface area (Å²) in [5.74, 6) is 2.54. The Labute approximate surface area is 225 Å². The van der Waals surface area contributed by atoms with Crippen LogP contribution in [-0.4, -0.2) is 40.3 Å². The molecule has 2 aromatic heterocycles. The summed E-state index contributed by atoms with van der Waals surface area (Å²) < 4.78 is 17.1. The number of nitrogens with zero attached hydrogens (tertiary/aromatic N) is 3. The SMILES string of the molecule is CNc1ncc(-c2nc(-c3cc(C)c(OCCCC(=O)OC(C)(C)C)c(C)c3)no2)c2c1CC(C)(C)CC2. The number of fused-ring (bicyclic) bond motifs is 1. The first-order valence-corrected chi connectivity index (χ1v) is 13.4. The zero-order chi connectivity index (χ0) is 27.7. The Morgan fingerprint density at radius 1 is 1.16 bits per heavy atom. The molecule has 0 spiro atoms. The average molecular weight is 521 g/mol. The van der Waals surface area contributed by atoms with Crippen molar-refractivity contribution in [3.05, 3.63) is 40.6 Å². The van der Waals surface area contributed by atoms with Crippen LogP contribution in [0, 0.1) is 19.3 Å². The van der Waals surface area contributed by atoms with E-state index in [4.69, 9.17) is 19.0 Å². The molecule has 8 heteroatoms. The predicted molar refractivity (Wildman–Crippen MR) is 148 cm³/mol. The van der Waals surface area contributed by atoms with Crippen LogP contribution in [0.3, 0.4) is 0 Å². The van der Waals surface area contributed by atoms with E-state index in [1.807, 2.05) is 60.0 Å². The van der Waals surface area contributed by atoms with Crippen LogP contribution in [0.2, 0.25) is 0 Å². The lowest BCUT2D eigenvalue weighted by molar-refractivity contribution is -0.155. The summed E-state index contributed by atoms with van der Waals surface area (Å²) in [7, 11) is 1.91. The van der Waals surface area contributed by atoms with Gasteiger partial charge in [-0.15, -0.1) is 0 Å². The van der Waals surface area contributed by atoms with Crippen LogP contribution in [0.4, 0.5) is 5.82 Å². The van der Waals surface area contributed by atoms with E-state index in [0.717, 1.165) is 53.1 Å². The maximum absolute atomic E-state index is 11.9. The van der Waals surface area contributed by atoms with Gasteiger partial charge in [-0.3, -0.25) is 4.79 Å². The Hall–Kier alpha value is -3.42. The molecule has 3 aromatic rings.